The molecule has 16 nitrogen and oxygen atoms in total. The Balaban J connectivity index is 4.78. The number of nitrogens with zero attached hydrogens (tertiary/aromatic N) is 1. The molecule has 0 aromatic rings. The number of hydrogen-bond acceptors (Lipinski definition) is 12. The van der Waals surface area contributed by atoms with E-state index in [4.69, 9.17) is 22.9 Å². The first-order valence-corrected chi connectivity index (χ1v) is 20.2. The molecule has 5 atom stereocenters. The Bertz CT molecular complexity index is 1240. The number of aliphatic hydroxyl groups is 2. The van der Waals surface area contributed by atoms with Gasteiger partial charge in [0.05, 0.1) is 30.6 Å². The molecule has 0 fully saturated rings. The second-order valence-electron chi connectivity index (χ2n) is 17.2. The molecule has 0 aliphatic rings. The molecule has 0 spiro atoms. The lowest BCUT2D eigenvalue weighted by molar-refractivity contribution is -0.137. The Morgan fingerprint density at radius 3 is 1.63 bits per heavy atom. The number of phosphoric ester groups is 2. The Labute approximate surface area is 305 Å². The Hall–Kier alpha value is -1.45. The number of phosphoric acid groups is 2. The molecule has 0 aromatic heterocycles. The van der Waals surface area contributed by atoms with Crippen LogP contribution in [0.3, 0.4) is 0 Å². The summed E-state index contributed by atoms with van der Waals surface area (Å²) in [4.78, 5) is 50.8. The topological polar surface area (TPSA) is 232 Å². The lowest BCUT2D eigenvalue weighted by Gasteiger charge is -2.32. The summed E-state index contributed by atoms with van der Waals surface area (Å²) in [5.41, 5.74) is -3.49. The van der Waals surface area contributed by atoms with Crippen molar-refractivity contribution in [1.82, 2.24) is 10.6 Å². The Morgan fingerprint density at radius 1 is 0.725 bits per heavy atom. The fraction of sp³-hybridized carbons (Fsp3) is 0.909. The molecule has 0 radical (unpaired) electrons. The molecule has 0 aliphatic heterocycles. The van der Waals surface area contributed by atoms with Crippen LogP contribution >= 0.6 is 15.6 Å². The molecule has 2 amide bonds. The van der Waals surface area contributed by atoms with Crippen molar-refractivity contribution in [3.63, 3.8) is 0 Å². The third-order valence-electron chi connectivity index (χ3n) is 7.47. The summed E-state index contributed by atoms with van der Waals surface area (Å²) in [7, 11) is -8.96. The van der Waals surface area contributed by atoms with Crippen molar-refractivity contribution in [2.75, 3.05) is 26.3 Å². The van der Waals surface area contributed by atoms with Gasteiger partial charge in [-0.25, -0.2) is 9.13 Å². The fourth-order valence-electron chi connectivity index (χ4n) is 4.11. The maximum Gasteiger partial charge on any atom is 0.472 e. The number of aliphatic hydroxyl groups excluding tert-OH is 2. The molecular weight excluding hydrogens is 708 g/mol. The van der Waals surface area contributed by atoms with Crippen LogP contribution in [0.5, 0.6) is 0 Å². The lowest BCUT2D eigenvalue weighted by Crippen LogP contribution is -2.46. The molecule has 0 aliphatic carbocycles. The van der Waals surface area contributed by atoms with Crippen molar-refractivity contribution in [1.29, 1.82) is 0 Å². The van der Waals surface area contributed by atoms with Gasteiger partial charge in [0.25, 0.3) is 0 Å². The standard InChI is InChI=1S/C33H67N3O13P2/c1-23(36-48-29(3,4)5)16-19-34-27(39)25(37)32(11,12)21-45-50(41,42)47-24(2)15-17-31(9,10)18-20-35-28(40)26(38)33(13,14)22-46-51(43,44)49-30(6,7)8/h24-26,37-38H,15-22H2,1-14H3,(H,34,39)(H,35,40)(H,41,42)(H,43,44)/b36-23+/t24?,25-,26?/m1/s1. The van der Waals surface area contributed by atoms with Gasteiger partial charge < -0.3 is 35.5 Å². The van der Waals surface area contributed by atoms with E-state index in [1.165, 1.54) is 27.7 Å². The molecule has 6 N–H and O–H groups in total. The van der Waals surface area contributed by atoms with Crippen molar-refractivity contribution >= 4 is 33.2 Å². The van der Waals surface area contributed by atoms with E-state index >= 15 is 0 Å². The van der Waals surface area contributed by atoms with Gasteiger partial charge in [0.2, 0.25) is 11.8 Å². The van der Waals surface area contributed by atoms with Crippen LogP contribution in [-0.4, -0.2) is 93.3 Å². The van der Waals surface area contributed by atoms with E-state index in [1.807, 2.05) is 34.6 Å². The van der Waals surface area contributed by atoms with Gasteiger partial charge in [-0.2, -0.15) is 0 Å². The first-order valence-electron chi connectivity index (χ1n) is 17.2. The maximum atomic E-state index is 12.7. The molecule has 0 rings (SSSR count). The van der Waals surface area contributed by atoms with Crippen LogP contribution < -0.4 is 10.6 Å². The molecule has 0 saturated carbocycles. The average molecular weight is 776 g/mol. The normalized spacial score (nSPS) is 17.9. The highest BCUT2D eigenvalue weighted by Crippen LogP contribution is 2.49. The minimum absolute atomic E-state index is 0.206. The minimum atomic E-state index is -4.55. The van der Waals surface area contributed by atoms with Crippen molar-refractivity contribution < 1.29 is 61.7 Å². The number of nitrogens with one attached hydrogen (secondary N) is 2. The molecule has 0 saturated heterocycles. The van der Waals surface area contributed by atoms with Crippen molar-refractivity contribution in [2.45, 2.75) is 152 Å². The zero-order valence-corrected chi connectivity index (χ0v) is 35.0. The van der Waals surface area contributed by atoms with Gasteiger partial charge in [-0.05, 0) is 80.1 Å². The SMILES string of the molecule is C/C(CCNC(=O)[C@@H](O)C(C)(C)COP(=O)(O)OC(C)CCC(C)(C)CCNC(=O)C(O)C(C)(C)COP(=O)(O)OC(C)(C)C)=N\OC(C)(C)C. The van der Waals surface area contributed by atoms with E-state index < -0.39 is 81.0 Å². The fourth-order valence-corrected chi connectivity index (χ4v) is 6.47. The average Bonchev–Trinajstić information content (AvgIpc) is 2.94. The molecule has 0 bridgehead atoms. The minimum Gasteiger partial charge on any atom is -0.390 e. The lowest BCUT2D eigenvalue weighted by atomic mass is 9.83. The van der Waals surface area contributed by atoms with Gasteiger partial charge in [-0.3, -0.25) is 27.7 Å². The largest absolute Gasteiger partial charge is 0.472 e. The number of amides is 2. The maximum absolute atomic E-state index is 12.7. The summed E-state index contributed by atoms with van der Waals surface area (Å²) < 4.78 is 45.4. The predicted molar refractivity (Wildman–Crippen MR) is 195 cm³/mol. The molecule has 0 aromatic carbocycles. The van der Waals surface area contributed by atoms with Crippen LogP contribution in [0.25, 0.3) is 0 Å². The third kappa shape index (κ3) is 22.4. The first kappa shape index (κ1) is 49.6. The Morgan fingerprint density at radius 2 is 1.18 bits per heavy atom. The summed E-state index contributed by atoms with van der Waals surface area (Å²) >= 11 is 0. The second-order valence-corrected chi connectivity index (χ2v) is 20.0. The number of carbonyl (C=O) groups is 2. The van der Waals surface area contributed by atoms with E-state index in [-0.39, 0.29) is 18.5 Å². The van der Waals surface area contributed by atoms with Gasteiger partial charge in [-0.1, -0.05) is 46.7 Å². The highest BCUT2D eigenvalue weighted by Gasteiger charge is 2.39. The van der Waals surface area contributed by atoms with Gasteiger partial charge in [-0.15, -0.1) is 0 Å². The van der Waals surface area contributed by atoms with E-state index in [2.05, 4.69) is 15.8 Å². The van der Waals surface area contributed by atoms with Gasteiger partial charge >= 0.3 is 15.6 Å². The van der Waals surface area contributed by atoms with E-state index in [1.54, 1.807) is 34.6 Å². The van der Waals surface area contributed by atoms with Crippen molar-refractivity contribution in [3.05, 3.63) is 0 Å². The number of rotatable bonds is 23. The number of hydrogen-bond donors (Lipinski definition) is 6. The molecular formula is C33H67N3O13P2. The van der Waals surface area contributed by atoms with Crippen LogP contribution in [0, 0.1) is 16.2 Å². The Kier molecular flexibility index (Phi) is 19.2. The number of carbonyl (C=O) groups excluding carboxylic acids is 2. The van der Waals surface area contributed by atoms with Crippen LogP contribution in [0.1, 0.15) is 123 Å². The zero-order chi connectivity index (χ0) is 40.3. The molecule has 51 heavy (non-hydrogen) atoms. The van der Waals surface area contributed by atoms with E-state index in [0.717, 1.165) is 0 Å². The van der Waals surface area contributed by atoms with E-state index in [0.29, 0.717) is 31.4 Å². The quantitative estimate of drug-likeness (QED) is 0.0444. The molecule has 302 valence electrons. The summed E-state index contributed by atoms with van der Waals surface area (Å²) in [6.45, 7) is 23.3. The van der Waals surface area contributed by atoms with Crippen LogP contribution in [-0.2, 0) is 41.7 Å². The van der Waals surface area contributed by atoms with E-state index in [9.17, 15) is 38.7 Å². The summed E-state index contributed by atoms with van der Waals surface area (Å²) in [6.07, 6.45) is -1.94. The smallest absolute Gasteiger partial charge is 0.390 e. The summed E-state index contributed by atoms with van der Waals surface area (Å²) in [5, 5.41) is 30.5. The molecule has 18 heteroatoms. The van der Waals surface area contributed by atoms with Crippen LogP contribution in [0.15, 0.2) is 5.16 Å². The van der Waals surface area contributed by atoms with Crippen LogP contribution in [0.2, 0.25) is 0 Å². The van der Waals surface area contributed by atoms with Crippen molar-refractivity contribution in [2.24, 2.45) is 21.4 Å². The second kappa shape index (κ2) is 19.8. The summed E-state index contributed by atoms with van der Waals surface area (Å²) in [5.74, 6) is -1.34. The monoisotopic (exact) mass is 775 g/mol. The highest BCUT2D eigenvalue weighted by atomic mass is 31.2. The first-order chi connectivity index (χ1) is 22.7. The summed E-state index contributed by atoms with van der Waals surface area (Å²) in [6, 6.07) is 0. The van der Waals surface area contributed by atoms with Gasteiger partial charge in [0.15, 0.2) is 0 Å². The third-order valence-corrected chi connectivity index (χ3v) is 9.78. The number of oxime groups is 1. The molecule has 0 heterocycles. The zero-order valence-electron chi connectivity index (χ0n) is 33.2. The van der Waals surface area contributed by atoms with Crippen molar-refractivity contribution in [3.8, 4) is 0 Å². The predicted octanol–water partition coefficient (Wildman–Crippen LogP) is 5.22. The van der Waals surface area contributed by atoms with Gasteiger partial charge in [0, 0.05) is 30.3 Å². The molecule has 4 unspecified atom stereocenters. The highest BCUT2D eigenvalue weighted by molar-refractivity contribution is 7.47. The van der Waals surface area contributed by atoms with Gasteiger partial charge in [0.1, 0.15) is 17.8 Å². The van der Waals surface area contributed by atoms with Crippen LogP contribution in [0.4, 0.5) is 0 Å².